The van der Waals surface area contributed by atoms with Crippen LogP contribution in [0.3, 0.4) is 0 Å². The van der Waals surface area contributed by atoms with Gasteiger partial charge in [-0.3, -0.25) is 0 Å². The summed E-state index contributed by atoms with van der Waals surface area (Å²) in [5.74, 6) is 0.352. The first-order valence-electron chi connectivity index (χ1n) is 6.66. The molecule has 2 aromatic rings. The van der Waals surface area contributed by atoms with Crippen LogP contribution in [-0.2, 0) is 10.0 Å². The van der Waals surface area contributed by atoms with Crippen LogP contribution in [0.25, 0.3) is 0 Å². The number of hydrogen-bond acceptors (Lipinski definition) is 3. The third-order valence-electron chi connectivity index (χ3n) is 3.43. The summed E-state index contributed by atoms with van der Waals surface area (Å²) in [6, 6.07) is 10.4. The van der Waals surface area contributed by atoms with Crippen molar-refractivity contribution in [2.45, 2.75) is 22.3 Å². The molecule has 0 saturated carbocycles. The Morgan fingerprint density at radius 2 is 2.00 bits per heavy atom. The van der Waals surface area contributed by atoms with Gasteiger partial charge in [-0.2, -0.15) is 0 Å². The zero-order valence-electron chi connectivity index (χ0n) is 11.4. The fourth-order valence-corrected chi connectivity index (χ4v) is 5.09. The summed E-state index contributed by atoms with van der Waals surface area (Å²) in [7, 11) is -3.70. The van der Waals surface area contributed by atoms with Crippen molar-refractivity contribution in [2.75, 3.05) is 5.75 Å². The monoisotopic (exact) mass is 357 g/mol. The van der Waals surface area contributed by atoms with E-state index in [0.29, 0.717) is 27.7 Å². The van der Waals surface area contributed by atoms with Crippen LogP contribution in [0, 0.1) is 5.82 Å². The van der Waals surface area contributed by atoms with E-state index < -0.39 is 16.1 Å². The fourth-order valence-electron chi connectivity index (χ4n) is 2.40. The highest BCUT2D eigenvalue weighted by atomic mass is 35.5. The predicted octanol–water partition coefficient (Wildman–Crippen LogP) is 3.99. The standard InChI is InChI=1S/C15H13ClFNO2S2/c16-10-3-1-4-11(9-10)22(19,20)18-14-7-8-21-15-12(14)5-2-6-13(15)17/h1-6,9,14,18H,7-8H2. The van der Waals surface area contributed by atoms with Crippen LogP contribution in [0.15, 0.2) is 52.3 Å². The molecule has 0 spiro atoms. The molecule has 2 aromatic carbocycles. The van der Waals surface area contributed by atoms with Gasteiger partial charge in [0.05, 0.1) is 4.90 Å². The van der Waals surface area contributed by atoms with Gasteiger partial charge in [-0.05, 0) is 42.0 Å². The Balaban J connectivity index is 1.93. The van der Waals surface area contributed by atoms with E-state index in [4.69, 9.17) is 11.6 Å². The summed E-state index contributed by atoms with van der Waals surface area (Å²) in [6.07, 6.45) is 0.612. The molecule has 0 fully saturated rings. The van der Waals surface area contributed by atoms with Crippen LogP contribution < -0.4 is 4.72 Å². The van der Waals surface area contributed by atoms with Gasteiger partial charge in [0, 0.05) is 16.0 Å². The number of hydrogen-bond donors (Lipinski definition) is 1. The lowest BCUT2D eigenvalue weighted by atomic mass is 10.0. The molecule has 0 saturated heterocycles. The lowest BCUT2D eigenvalue weighted by Gasteiger charge is -2.26. The van der Waals surface area contributed by atoms with Crippen molar-refractivity contribution in [1.29, 1.82) is 0 Å². The molecule has 0 amide bonds. The molecular weight excluding hydrogens is 345 g/mol. The normalized spacial score (nSPS) is 18.0. The number of nitrogens with one attached hydrogen (secondary N) is 1. The van der Waals surface area contributed by atoms with E-state index in [2.05, 4.69) is 4.72 Å². The van der Waals surface area contributed by atoms with E-state index >= 15 is 0 Å². The molecule has 0 aliphatic carbocycles. The number of rotatable bonds is 3. The fraction of sp³-hybridized carbons (Fsp3) is 0.200. The van der Waals surface area contributed by atoms with Crippen molar-refractivity contribution in [3.63, 3.8) is 0 Å². The molecule has 1 N–H and O–H groups in total. The Kier molecular flexibility index (Phi) is 4.45. The molecule has 116 valence electrons. The van der Waals surface area contributed by atoms with Gasteiger partial charge in [0.25, 0.3) is 0 Å². The lowest BCUT2D eigenvalue weighted by Crippen LogP contribution is -2.31. The summed E-state index contributed by atoms with van der Waals surface area (Å²) < 4.78 is 41.4. The molecule has 0 radical (unpaired) electrons. The smallest absolute Gasteiger partial charge is 0.207 e. The van der Waals surface area contributed by atoms with Crippen molar-refractivity contribution < 1.29 is 12.8 Å². The van der Waals surface area contributed by atoms with Gasteiger partial charge in [-0.1, -0.05) is 29.8 Å². The molecule has 1 aliphatic heterocycles. The minimum absolute atomic E-state index is 0.108. The zero-order chi connectivity index (χ0) is 15.7. The minimum Gasteiger partial charge on any atom is -0.207 e. The van der Waals surface area contributed by atoms with Gasteiger partial charge in [-0.25, -0.2) is 17.5 Å². The average molecular weight is 358 g/mol. The molecular formula is C15H13ClFNO2S2. The van der Waals surface area contributed by atoms with Crippen LogP contribution in [0.4, 0.5) is 4.39 Å². The molecule has 3 nitrogen and oxygen atoms in total. The minimum atomic E-state index is -3.70. The molecule has 22 heavy (non-hydrogen) atoms. The maximum atomic E-state index is 13.8. The molecule has 1 unspecified atom stereocenters. The van der Waals surface area contributed by atoms with E-state index in [-0.39, 0.29) is 10.7 Å². The van der Waals surface area contributed by atoms with Gasteiger partial charge in [0.15, 0.2) is 0 Å². The van der Waals surface area contributed by atoms with Crippen LogP contribution in [0.5, 0.6) is 0 Å². The highest BCUT2D eigenvalue weighted by molar-refractivity contribution is 7.99. The van der Waals surface area contributed by atoms with Gasteiger partial charge in [-0.15, -0.1) is 11.8 Å². The number of benzene rings is 2. The highest BCUT2D eigenvalue weighted by Gasteiger charge is 2.27. The Hall–Kier alpha value is -1.08. The summed E-state index contributed by atoms with van der Waals surface area (Å²) in [5, 5.41) is 0.355. The quantitative estimate of drug-likeness (QED) is 0.903. The summed E-state index contributed by atoms with van der Waals surface area (Å²) >= 11 is 7.26. The van der Waals surface area contributed by atoms with E-state index in [0.717, 1.165) is 0 Å². The molecule has 1 aliphatic rings. The summed E-state index contributed by atoms with van der Waals surface area (Å²) in [5.41, 5.74) is 0.682. The van der Waals surface area contributed by atoms with Gasteiger partial charge < -0.3 is 0 Å². The molecule has 1 heterocycles. The second kappa shape index (κ2) is 6.20. The van der Waals surface area contributed by atoms with Crippen molar-refractivity contribution >= 4 is 33.4 Å². The topological polar surface area (TPSA) is 46.2 Å². The zero-order valence-corrected chi connectivity index (χ0v) is 13.8. The Labute approximate surface area is 137 Å². The predicted molar refractivity (Wildman–Crippen MR) is 86.3 cm³/mol. The molecule has 3 rings (SSSR count). The second-order valence-corrected chi connectivity index (χ2v) is 8.18. The van der Waals surface area contributed by atoms with Gasteiger partial charge >= 0.3 is 0 Å². The Morgan fingerprint density at radius 1 is 1.23 bits per heavy atom. The molecule has 7 heteroatoms. The third kappa shape index (κ3) is 3.15. The van der Waals surface area contributed by atoms with Crippen LogP contribution in [0.2, 0.25) is 5.02 Å². The molecule has 0 bridgehead atoms. The number of sulfonamides is 1. The SMILES string of the molecule is O=S(=O)(NC1CCSc2c(F)cccc21)c1cccc(Cl)c1. The first-order valence-corrected chi connectivity index (χ1v) is 9.51. The van der Waals surface area contributed by atoms with E-state index in [1.54, 1.807) is 24.3 Å². The Bertz CT molecular complexity index is 811. The van der Waals surface area contributed by atoms with Crippen LogP contribution >= 0.6 is 23.4 Å². The summed E-state index contributed by atoms with van der Waals surface area (Å²) in [4.78, 5) is 0.628. The lowest BCUT2D eigenvalue weighted by molar-refractivity contribution is 0.533. The van der Waals surface area contributed by atoms with Crippen molar-refractivity contribution in [1.82, 2.24) is 4.72 Å². The van der Waals surface area contributed by atoms with E-state index in [1.165, 1.54) is 30.0 Å². The average Bonchev–Trinajstić information content (AvgIpc) is 2.48. The molecule has 0 aromatic heterocycles. The van der Waals surface area contributed by atoms with Crippen LogP contribution in [0.1, 0.15) is 18.0 Å². The van der Waals surface area contributed by atoms with Gasteiger partial charge in [0.2, 0.25) is 10.0 Å². The highest BCUT2D eigenvalue weighted by Crippen LogP contribution is 2.38. The van der Waals surface area contributed by atoms with Gasteiger partial charge in [0.1, 0.15) is 5.82 Å². The van der Waals surface area contributed by atoms with E-state index in [1.807, 2.05) is 0 Å². The number of thioether (sulfide) groups is 1. The maximum absolute atomic E-state index is 13.8. The number of fused-ring (bicyclic) bond motifs is 1. The first kappa shape index (κ1) is 15.8. The summed E-state index contributed by atoms with van der Waals surface area (Å²) in [6.45, 7) is 0. The molecule has 1 atom stereocenters. The maximum Gasteiger partial charge on any atom is 0.241 e. The number of halogens is 2. The van der Waals surface area contributed by atoms with Crippen LogP contribution in [-0.4, -0.2) is 14.2 Å². The first-order chi connectivity index (χ1) is 10.5. The Morgan fingerprint density at radius 3 is 2.77 bits per heavy atom. The van der Waals surface area contributed by atoms with E-state index in [9.17, 15) is 12.8 Å². The third-order valence-corrected chi connectivity index (χ3v) is 6.29. The van der Waals surface area contributed by atoms with Crippen molar-refractivity contribution in [2.24, 2.45) is 0 Å². The van der Waals surface area contributed by atoms with Crippen molar-refractivity contribution in [3.8, 4) is 0 Å². The second-order valence-electron chi connectivity index (χ2n) is 4.93. The van der Waals surface area contributed by atoms with Crippen molar-refractivity contribution in [3.05, 3.63) is 58.9 Å². The largest absolute Gasteiger partial charge is 0.241 e.